The van der Waals surface area contributed by atoms with Crippen molar-refractivity contribution in [2.75, 3.05) is 11.1 Å². The largest absolute Gasteiger partial charge is 0.383 e. The summed E-state index contributed by atoms with van der Waals surface area (Å²) in [5.41, 5.74) is 11.5. The van der Waals surface area contributed by atoms with E-state index in [1.165, 1.54) is 12.3 Å². The molecule has 1 aromatic carbocycles. The number of carbonyl (C=O) groups excluding carboxylic acids is 2. The number of amides is 2. The lowest BCUT2D eigenvalue weighted by molar-refractivity contribution is 0.100. The maximum absolute atomic E-state index is 11.9. The summed E-state index contributed by atoms with van der Waals surface area (Å²) in [4.78, 5) is 23.1. The molecular formula is C11H11N5O2. The van der Waals surface area contributed by atoms with Gasteiger partial charge in [0.15, 0.2) is 0 Å². The standard InChI is InChI=1S/C11H11N5O2/c12-9-7(5-14-16-9)11(18)15-8-4-2-1-3-6(8)10(13)17/h1-5H,(H2,13,17)(H,15,18)(H3,12,14,16). The zero-order valence-electron chi connectivity index (χ0n) is 9.31. The summed E-state index contributed by atoms with van der Waals surface area (Å²) in [5, 5.41) is 8.64. The van der Waals surface area contributed by atoms with E-state index in [1.807, 2.05) is 0 Å². The quantitative estimate of drug-likeness (QED) is 0.621. The summed E-state index contributed by atoms with van der Waals surface area (Å²) in [6.07, 6.45) is 1.30. The van der Waals surface area contributed by atoms with E-state index < -0.39 is 11.8 Å². The van der Waals surface area contributed by atoms with Gasteiger partial charge in [-0.15, -0.1) is 0 Å². The molecule has 1 heterocycles. The van der Waals surface area contributed by atoms with Gasteiger partial charge in [0.1, 0.15) is 11.4 Å². The van der Waals surface area contributed by atoms with Crippen molar-refractivity contribution in [3.8, 4) is 0 Å². The maximum atomic E-state index is 11.9. The van der Waals surface area contributed by atoms with Crippen molar-refractivity contribution in [1.82, 2.24) is 10.2 Å². The molecule has 0 unspecified atom stereocenters. The van der Waals surface area contributed by atoms with Gasteiger partial charge in [0.05, 0.1) is 17.4 Å². The number of aromatic amines is 1. The van der Waals surface area contributed by atoms with Crippen LogP contribution in [0.2, 0.25) is 0 Å². The van der Waals surface area contributed by atoms with Crippen LogP contribution in [0.4, 0.5) is 11.5 Å². The molecule has 6 N–H and O–H groups in total. The normalized spacial score (nSPS) is 10.0. The Labute approximate surface area is 102 Å². The summed E-state index contributed by atoms with van der Waals surface area (Å²) in [6, 6.07) is 6.44. The summed E-state index contributed by atoms with van der Waals surface area (Å²) >= 11 is 0. The maximum Gasteiger partial charge on any atom is 0.261 e. The predicted octanol–water partition coefficient (Wildman–Crippen LogP) is 0.343. The van der Waals surface area contributed by atoms with Crippen molar-refractivity contribution in [2.45, 2.75) is 0 Å². The number of carbonyl (C=O) groups is 2. The molecule has 2 amide bonds. The number of H-pyrrole nitrogens is 1. The molecule has 0 saturated heterocycles. The number of rotatable bonds is 3. The highest BCUT2D eigenvalue weighted by Gasteiger charge is 2.14. The molecule has 0 radical (unpaired) electrons. The number of nitrogens with zero attached hydrogens (tertiary/aromatic N) is 1. The van der Waals surface area contributed by atoms with Crippen LogP contribution in [0.15, 0.2) is 30.5 Å². The zero-order chi connectivity index (χ0) is 13.1. The number of hydrogen-bond donors (Lipinski definition) is 4. The van der Waals surface area contributed by atoms with Gasteiger partial charge in [-0.2, -0.15) is 5.10 Å². The van der Waals surface area contributed by atoms with Crippen LogP contribution in [-0.4, -0.2) is 22.0 Å². The number of hydrogen-bond acceptors (Lipinski definition) is 4. The highest BCUT2D eigenvalue weighted by atomic mass is 16.2. The van der Waals surface area contributed by atoms with E-state index in [4.69, 9.17) is 11.5 Å². The number of nitrogen functional groups attached to an aromatic ring is 1. The Morgan fingerprint density at radius 1 is 1.22 bits per heavy atom. The molecule has 0 atom stereocenters. The number of anilines is 2. The molecule has 7 heteroatoms. The fourth-order valence-electron chi connectivity index (χ4n) is 1.47. The molecule has 1 aromatic heterocycles. The van der Waals surface area contributed by atoms with Gasteiger partial charge in [0.2, 0.25) is 0 Å². The first-order chi connectivity index (χ1) is 8.59. The Bertz CT molecular complexity index is 605. The van der Waals surface area contributed by atoms with Gasteiger partial charge in [-0.05, 0) is 12.1 Å². The second-order valence-electron chi connectivity index (χ2n) is 3.56. The Balaban J connectivity index is 2.28. The molecule has 0 aliphatic heterocycles. The molecule has 0 spiro atoms. The van der Waals surface area contributed by atoms with E-state index in [2.05, 4.69) is 15.5 Å². The Morgan fingerprint density at radius 2 is 1.94 bits per heavy atom. The minimum atomic E-state index is -0.619. The molecule has 0 bridgehead atoms. The van der Waals surface area contributed by atoms with Crippen LogP contribution in [-0.2, 0) is 0 Å². The lowest BCUT2D eigenvalue weighted by Crippen LogP contribution is -2.18. The summed E-state index contributed by atoms with van der Waals surface area (Å²) in [7, 11) is 0. The van der Waals surface area contributed by atoms with E-state index in [0.29, 0.717) is 5.69 Å². The van der Waals surface area contributed by atoms with Crippen LogP contribution >= 0.6 is 0 Å². The molecule has 2 rings (SSSR count). The third-order valence-electron chi connectivity index (χ3n) is 2.35. The van der Waals surface area contributed by atoms with Gasteiger partial charge in [-0.3, -0.25) is 14.7 Å². The van der Waals surface area contributed by atoms with Crippen molar-refractivity contribution in [3.05, 3.63) is 41.6 Å². The average Bonchev–Trinajstić information content (AvgIpc) is 2.76. The van der Waals surface area contributed by atoms with Gasteiger partial charge >= 0.3 is 0 Å². The van der Waals surface area contributed by atoms with Crippen LogP contribution < -0.4 is 16.8 Å². The first kappa shape index (κ1) is 11.6. The van der Waals surface area contributed by atoms with Crippen molar-refractivity contribution in [2.24, 2.45) is 5.73 Å². The Kier molecular flexibility index (Phi) is 2.96. The number of benzene rings is 1. The fraction of sp³-hybridized carbons (Fsp3) is 0. The van der Waals surface area contributed by atoms with Crippen LogP contribution in [0.3, 0.4) is 0 Å². The lowest BCUT2D eigenvalue weighted by Gasteiger charge is -2.07. The summed E-state index contributed by atoms with van der Waals surface area (Å²) < 4.78 is 0. The Hall–Kier alpha value is -2.83. The van der Waals surface area contributed by atoms with Gasteiger partial charge < -0.3 is 16.8 Å². The topological polar surface area (TPSA) is 127 Å². The highest BCUT2D eigenvalue weighted by molar-refractivity contribution is 6.10. The summed E-state index contributed by atoms with van der Waals surface area (Å²) in [6.45, 7) is 0. The van der Waals surface area contributed by atoms with E-state index in [-0.39, 0.29) is 16.9 Å². The molecule has 0 saturated carbocycles. The Morgan fingerprint density at radius 3 is 2.56 bits per heavy atom. The smallest absolute Gasteiger partial charge is 0.261 e. The van der Waals surface area contributed by atoms with E-state index in [1.54, 1.807) is 18.2 Å². The minimum Gasteiger partial charge on any atom is -0.383 e. The van der Waals surface area contributed by atoms with Crippen molar-refractivity contribution in [3.63, 3.8) is 0 Å². The van der Waals surface area contributed by atoms with Crippen molar-refractivity contribution >= 4 is 23.3 Å². The molecule has 0 fully saturated rings. The van der Waals surface area contributed by atoms with E-state index in [9.17, 15) is 9.59 Å². The SMILES string of the molecule is NC(=O)c1ccccc1NC(=O)c1cn[nH]c1N. The zero-order valence-corrected chi connectivity index (χ0v) is 9.31. The van der Waals surface area contributed by atoms with Crippen molar-refractivity contribution < 1.29 is 9.59 Å². The van der Waals surface area contributed by atoms with Gasteiger partial charge in [0, 0.05) is 0 Å². The molecule has 7 nitrogen and oxygen atoms in total. The molecular weight excluding hydrogens is 234 g/mol. The third kappa shape index (κ3) is 2.14. The second kappa shape index (κ2) is 4.58. The van der Waals surface area contributed by atoms with Crippen molar-refractivity contribution in [1.29, 1.82) is 0 Å². The first-order valence-electron chi connectivity index (χ1n) is 5.08. The number of aromatic nitrogens is 2. The molecule has 2 aromatic rings. The van der Waals surface area contributed by atoms with Gasteiger partial charge in [-0.25, -0.2) is 0 Å². The first-order valence-corrected chi connectivity index (χ1v) is 5.08. The third-order valence-corrected chi connectivity index (χ3v) is 2.35. The number of nitrogens with two attached hydrogens (primary N) is 2. The predicted molar refractivity (Wildman–Crippen MR) is 65.9 cm³/mol. The van der Waals surface area contributed by atoms with Crippen LogP contribution in [0.5, 0.6) is 0 Å². The second-order valence-corrected chi connectivity index (χ2v) is 3.56. The molecule has 0 aliphatic carbocycles. The monoisotopic (exact) mass is 245 g/mol. The highest BCUT2D eigenvalue weighted by Crippen LogP contribution is 2.16. The van der Waals surface area contributed by atoms with Crippen LogP contribution in [0, 0.1) is 0 Å². The number of para-hydroxylation sites is 1. The summed E-state index contributed by atoms with van der Waals surface area (Å²) in [5.74, 6) is -0.926. The van der Waals surface area contributed by atoms with Crippen LogP contribution in [0.1, 0.15) is 20.7 Å². The molecule has 18 heavy (non-hydrogen) atoms. The minimum absolute atomic E-state index is 0.157. The van der Waals surface area contributed by atoms with Crippen LogP contribution in [0.25, 0.3) is 0 Å². The van der Waals surface area contributed by atoms with E-state index in [0.717, 1.165) is 0 Å². The lowest BCUT2D eigenvalue weighted by atomic mass is 10.1. The van der Waals surface area contributed by atoms with Gasteiger partial charge in [-0.1, -0.05) is 12.1 Å². The van der Waals surface area contributed by atoms with E-state index >= 15 is 0 Å². The number of nitrogens with one attached hydrogen (secondary N) is 2. The average molecular weight is 245 g/mol. The number of primary amides is 1. The van der Waals surface area contributed by atoms with Gasteiger partial charge in [0.25, 0.3) is 11.8 Å². The molecule has 0 aliphatic rings. The molecule has 92 valence electrons. The fourth-order valence-corrected chi connectivity index (χ4v) is 1.47.